The van der Waals surface area contributed by atoms with Gasteiger partial charge in [0.15, 0.2) is 5.69 Å². The van der Waals surface area contributed by atoms with Gasteiger partial charge in [0.2, 0.25) is 5.78 Å². The number of aromatic nitrogens is 3. The summed E-state index contributed by atoms with van der Waals surface area (Å²) in [6.45, 7) is 2.09. The molecule has 0 fully saturated rings. The minimum Gasteiger partial charge on any atom is -0.461 e. The predicted molar refractivity (Wildman–Crippen MR) is 74.4 cm³/mol. The van der Waals surface area contributed by atoms with Crippen LogP contribution in [-0.2, 0) is 4.74 Å². The van der Waals surface area contributed by atoms with Crippen LogP contribution in [0, 0.1) is 0 Å². The summed E-state index contributed by atoms with van der Waals surface area (Å²) >= 11 is 0. The smallest absolute Gasteiger partial charge is 0.358 e. The van der Waals surface area contributed by atoms with E-state index in [0.29, 0.717) is 12.4 Å². The number of hydrogen-bond acceptors (Lipinski definition) is 4. The van der Waals surface area contributed by atoms with E-state index in [2.05, 4.69) is 9.97 Å². The average molecular weight is 267 g/mol. The first-order valence-electron chi connectivity index (χ1n) is 6.36. The largest absolute Gasteiger partial charge is 0.461 e. The van der Waals surface area contributed by atoms with Crippen LogP contribution >= 0.6 is 0 Å². The van der Waals surface area contributed by atoms with Gasteiger partial charge in [-0.2, -0.15) is 0 Å². The lowest BCUT2D eigenvalue weighted by atomic mass is 10.1. The molecular formula is C15H13N3O2. The van der Waals surface area contributed by atoms with Crippen LogP contribution in [0.5, 0.6) is 0 Å². The van der Waals surface area contributed by atoms with Gasteiger partial charge in [-0.15, -0.1) is 0 Å². The minimum absolute atomic E-state index is 0.266. The standard InChI is InChI=1S/C15H13N3O2/c1-2-20-14(19)12-10-18-13(8-9-16-15(18)17-12)11-6-4-3-5-7-11/h3-10H,2H2,1H3. The molecule has 2 aromatic heterocycles. The molecule has 5 nitrogen and oxygen atoms in total. The Balaban J connectivity index is 2.13. The second-order valence-corrected chi connectivity index (χ2v) is 4.21. The van der Waals surface area contributed by atoms with E-state index >= 15 is 0 Å². The van der Waals surface area contributed by atoms with Crippen LogP contribution in [0.1, 0.15) is 17.4 Å². The topological polar surface area (TPSA) is 56.5 Å². The first-order valence-corrected chi connectivity index (χ1v) is 6.36. The molecule has 1 aromatic carbocycles. The Hall–Kier alpha value is -2.69. The molecule has 0 saturated carbocycles. The number of ether oxygens (including phenoxy) is 1. The number of benzene rings is 1. The number of nitrogens with zero attached hydrogens (tertiary/aromatic N) is 3. The molecule has 0 aliphatic carbocycles. The lowest BCUT2D eigenvalue weighted by Crippen LogP contribution is -2.04. The summed E-state index contributed by atoms with van der Waals surface area (Å²) in [5.41, 5.74) is 2.23. The zero-order chi connectivity index (χ0) is 13.9. The van der Waals surface area contributed by atoms with Crippen LogP contribution < -0.4 is 0 Å². The van der Waals surface area contributed by atoms with Crippen molar-refractivity contribution in [1.82, 2.24) is 14.4 Å². The Bertz CT molecular complexity index is 750. The summed E-state index contributed by atoms with van der Waals surface area (Å²) in [5.74, 6) is 0.0476. The molecule has 0 spiro atoms. The highest BCUT2D eigenvalue weighted by molar-refractivity contribution is 5.88. The van der Waals surface area contributed by atoms with Crippen molar-refractivity contribution < 1.29 is 9.53 Å². The highest BCUT2D eigenvalue weighted by Crippen LogP contribution is 2.19. The van der Waals surface area contributed by atoms with Crippen molar-refractivity contribution in [1.29, 1.82) is 0 Å². The molecule has 0 aliphatic heterocycles. The summed E-state index contributed by atoms with van der Waals surface area (Å²) < 4.78 is 6.75. The van der Waals surface area contributed by atoms with Gasteiger partial charge < -0.3 is 4.74 Å². The van der Waals surface area contributed by atoms with Crippen molar-refractivity contribution in [3.63, 3.8) is 0 Å². The lowest BCUT2D eigenvalue weighted by molar-refractivity contribution is 0.0520. The molecule has 3 rings (SSSR count). The molecule has 5 heteroatoms. The van der Waals surface area contributed by atoms with E-state index in [1.807, 2.05) is 36.4 Å². The maximum absolute atomic E-state index is 11.7. The molecular weight excluding hydrogens is 254 g/mol. The number of imidazole rings is 1. The fraction of sp³-hybridized carbons (Fsp3) is 0.133. The number of carbonyl (C=O) groups is 1. The number of esters is 1. The van der Waals surface area contributed by atoms with E-state index in [1.54, 1.807) is 23.7 Å². The zero-order valence-corrected chi connectivity index (χ0v) is 11.0. The van der Waals surface area contributed by atoms with E-state index in [9.17, 15) is 4.79 Å². The van der Waals surface area contributed by atoms with Gasteiger partial charge in [-0.3, -0.25) is 4.40 Å². The van der Waals surface area contributed by atoms with Gasteiger partial charge in [-0.25, -0.2) is 14.8 Å². The van der Waals surface area contributed by atoms with Gasteiger partial charge in [-0.05, 0) is 18.6 Å². The van der Waals surface area contributed by atoms with E-state index in [4.69, 9.17) is 4.74 Å². The van der Waals surface area contributed by atoms with Gasteiger partial charge in [0.1, 0.15) is 0 Å². The van der Waals surface area contributed by atoms with Crippen LogP contribution in [0.15, 0.2) is 48.8 Å². The Morgan fingerprint density at radius 1 is 1.25 bits per heavy atom. The third-order valence-corrected chi connectivity index (χ3v) is 2.92. The number of hydrogen-bond donors (Lipinski definition) is 0. The Morgan fingerprint density at radius 2 is 2.05 bits per heavy atom. The molecule has 0 amide bonds. The normalized spacial score (nSPS) is 10.7. The molecule has 0 N–H and O–H groups in total. The maximum Gasteiger partial charge on any atom is 0.358 e. The predicted octanol–water partition coefficient (Wildman–Crippen LogP) is 2.57. The minimum atomic E-state index is -0.433. The monoisotopic (exact) mass is 267 g/mol. The van der Waals surface area contributed by atoms with Gasteiger partial charge in [0, 0.05) is 12.4 Å². The third kappa shape index (κ3) is 2.14. The fourth-order valence-electron chi connectivity index (χ4n) is 2.04. The summed E-state index contributed by atoms with van der Waals surface area (Å²) in [5, 5.41) is 0. The quantitative estimate of drug-likeness (QED) is 0.684. The van der Waals surface area contributed by atoms with E-state index in [0.717, 1.165) is 11.3 Å². The summed E-state index contributed by atoms with van der Waals surface area (Å²) in [6, 6.07) is 11.8. The summed E-state index contributed by atoms with van der Waals surface area (Å²) in [6.07, 6.45) is 3.34. The van der Waals surface area contributed by atoms with Crippen molar-refractivity contribution in [2.45, 2.75) is 6.92 Å². The molecule has 0 radical (unpaired) electrons. The first-order chi connectivity index (χ1) is 9.79. The van der Waals surface area contributed by atoms with Crippen molar-refractivity contribution in [2.24, 2.45) is 0 Å². The van der Waals surface area contributed by atoms with Crippen LogP contribution in [0.2, 0.25) is 0 Å². The summed E-state index contributed by atoms with van der Waals surface area (Å²) in [4.78, 5) is 20.1. The highest BCUT2D eigenvalue weighted by atomic mass is 16.5. The average Bonchev–Trinajstić information content (AvgIpc) is 2.92. The van der Waals surface area contributed by atoms with E-state index < -0.39 is 5.97 Å². The summed E-state index contributed by atoms with van der Waals surface area (Å²) in [7, 11) is 0. The first kappa shape index (κ1) is 12.3. The molecule has 20 heavy (non-hydrogen) atoms. The van der Waals surface area contributed by atoms with Gasteiger partial charge in [0.05, 0.1) is 12.3 Å². The van der Waals surface area contributed by atoms with Crippen molar-refractivity contribution in [3.05, 3.63) is 54.5 Å². The molecule has 100 valence electrons. The molecule has 2 heterocycles. The molecule has 0 aliphatic rings. The van der Waals surface area contributed by atoms with Crippen molar-refractivity contribution >= 4 is 11.7 Å². The third-order valence-electron chi connectivity index (χ3n) is 2.92. The highest BCUT2D eigenvalue weighted by Gasteiger charge is 2.14. The molecule has 0 unspecified atom stereocenters. The van der Waals surface area contributed by atoms with Crippen LogP contribution in [0.4, 0.5) is 0 Å². The second kappa shape index (κ2) is 5.13. The SMILES string of the molecule is CCOC(=O)c1cn2c(-c3ccccc3)ccnc2n1. The Morgan fingerprint density at radius 3 is 2.80 bits per heavy atom. The van der Waals surface area contributed by atoms with E-state index in [-0.39, 0.29) is 5.69 Å². The molecule has 3 aromatic rings. The maximum atomic E-state index is 11.7. The van der Waals surface area contributed by atoms with Crippen molar-refractivity contribution in [2.75, 3.05) is 6.61 Å². The Kier molecular flexibility index (Phi) is 3.16. The molecule has 0 bridgehead atoms. The fourth-order valence-corrected chi connectivity index (χ4v) is 2.04. The second-order valence-electron chi connectivity index (χ2n) is 4.21. The zero-order valence-electron chi connectivity index (χ0n) is 11.0. The van der Waals surface area contributed by atoms with Gasteiger partial charge >= 0.3 is 5.97 Å². The van der Waals surface area contributed by atoms with Crippen LogP contribution in [0.3, 0.4) is 0 Å². The van der Waals surface area contributed by atoms with Crippen LogP contribution in [-0.4, -0.2) is 26.9 Å². The van der Waals surface area contributed by atoms with Crippen LogP contribution in [0.25, 0.3) is 17.0 Å². The van der Waals surface area contributed by atoms with Gasteiger partial charge in [-0.1, -0.05) is 30.3 Å². The van der Waals surface area contributed by atoms with Crippen molar-refractivity contribution in [3.8, 4) is 11.3 Å². The number of rotatable bonds is 3. The molecule has 0 saturated heterocycles. The lowest BCUT2D eigenvalue weighted by Gasteiger charge is -2.03. The number of fused-ring (bicyclic) bond motifs is 1. The molecule has 0 atom stereocenters. The Labute approximate surface area is 115 Å². The van der Waals surface area contributed by atoms with Gasteiger partial charge in [0.25, 0.3) is 0 Å². The number of carbonyl (C=O) groups excluding carboxylic acids is 1. The van der Waals surface area contributed by atoms with E-state index in [1.165, 1.54) is 0 Å².